The van der Waals surface area contributed by atoms with Gasteiger partial charge in [0, 0.05) is 61.2 Å². The summed E-state index contributed by atoms with van der Waals surface area (Å²) in [6.07, 6.45) is 8.51. The Morgan fingerprint density at radius 2 is 1.68 bits per heavy atom. The number of nitrogens with zero attached hydrogens (tertiary/aromatic N) is 1. The van der Waals surface area contributed by atoms with Crippen molar-refractivity contribution in [2.75, 3.05) is 19.0 Å². The summed E-state index contributed by atoms with van der Waals surface area (Å²) in [4.78, 5) is 45.7. The van der Waals surface area contributed by atoms with Gasteiger partial charge in [0.05, 0.1) is 53.0 Å². The number of ketones is 1. The van der Waals surface area contributed by atoms with Crippen molar-refractivity contribution in [3.05, 3.63) is 65.5 Å². The number of aromatic hydroxyl groups is 3. The van der Waals surface area contributed by atoms with Gasteiger partial charge in [0.2, 0.25) is 0 Å². The number of carbonyl (C=O) groups excluding carboxylic acids is 3. The van der Waals surface area contributed by atoms with Crippen LogP contribution in [0.5, 0.6) is 23.0 Å². The number of ether oxygens (including phenoxy) is 4. The zero-order valence-electron chi connectivity index (χ0n) is 35.1. The Morgan fingerprint density at radius 3 is 2.32 bits per heavy atom. The number of oxime groups is 1. The molecule has 15 nitrogen and oxygen atoms in total. The first kappa shape index (κ1) is 46.3. The molecule has 3 aliphatic rings. The molecular weight excluding hydrogens is 764 g/mol. The normalized spacial score (nSPS) is 28.0. The van der Waals surface area contributed by atoms with Crippen molar-refractivity contribution in [1.82, 2.24) is 0 Å². The SMILES string of the molecule is C=CCCCCON=Cc1c2c(O)c3c(O)c(C)c4c(c3c1O)C(=O)C(C)(OC=CC(OC)C(C)C(OC(C)=O)C(C)C(O)C(C)C(O)C(C)C=CC=C(C)C(=O)N2)O4. The molecule has 0 radical (unpaired) electrons. The van der Waals surface area contributed by atoms with E-state index in [1.54, 1.807) is 45.9 Å². The fourth-order valence-electron chi connectivity index (χ4n) is 7.47. The molecule has 2 aromatic rings. The first-order valence-corrected chi connectivity index (χ1v) is 19.7. The molecule has 0 saturated carbocycles. The van der Waals surface area contributed by atoms with Gasteiger partial charge in [-0.05, 0) is 39.2 Å². The lowest BCUT2D eigenvalue weighted by Gasteiger charge is -2.38. The Hall–Kier alpha value is -5.38. The highest BCUT2D eigenvalue weighted by Gasteiger charge is 2.50. The Balaban J connectivity index is 1.94. The second-order valence-corrected chi connectivity index (χ2v) is 15.5. The Kier molecular flexibility index (Phi) is 15.4. The van der Waals surface area contributed by atoms with Crippen LogP contribution in [-0.2, 0) is 28.6 Å². The van der Waals surface area contributed by atoms with Crippen LogP contribution < -0.4 is 10.1 Å². The first-order chi connectivity index (χ1) is 27.8. The van der Waals surface area contributed by atoms with Crippen molar-refractivity contribution >= 4 is 40.3 Å². The Morgan fingerprint density at radius 1 is 0.983 bits per heavy atom. The van der Waals surface area contributed by atoms with Gasteiger partial charge in [-0.25, -0.2) is 0 Å². The maximum absolute atomic E-state index is 14.4. The predicted molar refractivity (Wildman–Crippen MR) is 221 cm³/mol. The molecule has 15 heteroatoms. The molecule has 5 rings (SSSR count). The van der Waals surface area contributed by atoms with E-state index in [0.29, 0.717) is 6.42 Å². The summed E-state index contributed by atoms with van der Waals surface area (Å²) in [6, 6.07) is 0. The molecule has 59 heavy (non-hydrogen) atoms. The van der Waals surface area contributed by atoms with Crippen molar-refractivity contribution in [3.63, 3.8) is 0 Å². The maximum atomic E-state index is 14.4. The second kappa shape index (κ2) is 19.6. The standard InChI is InChI=1S/C44H58N2O13/c1-11-12-13-14-19-57-45-21-29-34-39(52)32-31(38(29)51)33-41(27(7)37(32)50)59-44(9,42(33)53)56-20-18-30(55-10)24(4)40(58-28(8)47)26(6)36(49)25(5)35(48)22(2)16-15-17-23(3)43(54)46-34/h11,15-18,20-22,24-26,30,35-36,40,48-52H,1,12-14,19H2,2-10H3,(H,46,54). The van der Waals surface area contributed by atoms with Crippen LogP contribution in [0.15, 0.2) is 53.9 Å². The molecule has 0 aromatic heterocycles. The number of nitrogens with one attached hydrogen (secondary N) is 1. The topological polar surface area (TPSA) is 223 Å². The van der Waals surface area contributed by atoms with Crippen molar-refractivity contribution < 1.29 is 63.7 Å². The molecule has 5 bridgehead atoms. The zero-order valence-corrected chi connectivity index (χ0v) is 35.1. The molecule has 2 aromatic carbocycles. The highest BCUT2D eigenvalue weighted by atomic mass is 16.7. The van der Waals surface area contributed by atoms with Crippen LogP contribution >= 0.6 is 0 Å². The van der Waals surface area contributed by atoms with E-state index >= 15 is 0 Å². The molecule has 0 fully saturated rings. The minimum Gasteiger partial charge on any atom is -0.507 e. The van der Waals surface area contributed by atoms with Crippen LogP contribution in [0.1, 0.15) is 89.2 Å². The summed E-state index contributed by atoms with van der Waals surface area (Å²) < 4.78 is 23.5. The van der Waals surface area contributed by atoms with E-state index < -0.39 is 88.8 Å². The largest absolute Gasteiger partial charge is 0.507 e. The fraction of sp³-hybridized carbons (Fsp3) is 0.500. The van der Waals surface area contributed by atoms with Crippen LogP contribution in [0.4, 0.5) is 5.69 Å². The summed E-state index contributed by atoms with van der Waals surface area (Å²) in [6.45, 7) is 16.3. The average molecular weight is 823 g/mol. The van der Waals surface area contributed by atoms with Gasteiger partial charge in [0.25, 0.3) is 11.7 Å². The minimum atomic E-state index is -2.06. The molecule has 3 heterocycles. The second-order valence-electron chi connectivity index (χ2n) is 15.5. The molecule has 0 spiro atoms. The predicted octanol–water partition coefficient (Wildman–Crippen LogP) is 6.46. The van der Waals surface area contributed by atoms with Crippen LogP contribution in [0.2, 0.25) is 0 Å². The lowest BCUT2D eigenvalue weighted by Crippen LogP contribution is -2.46. The number of aliphatic hydroxyl groups excluding tert-OH is 2. The number of amides is 1. The van der Waals surface area contributed by atoms with Gasteiger partial charge in [-0.15, -0.1) is 6.58 Å². The van der Waals surface area contributed by atoms with Crippen molar-refractivity contribution in [2.45, 2.75) is 105 Å². The number of fused-ring (bicyclic) bond motifs is 14. The first-order valence-electron chi connectivity index (χ1n) is 19.7. The molecular formula is C44H58N2O13. The lowest BCUT2D eigenvalue weighted by atomic mass is 9.78. The Labute approximate surface area is 344 Å². The van der Waals surface area contributed by atoms with Crippen LogP contribution in [0.25, 0.3) is 10.8 Å². The zero-order chi connectivity index (χ0) is 43.9. The maximum Gasteiger partial charge on any atom is 0.312 e. The lowest BCUT2D eigenvalue weighted by molar-refractivity contribution is -0.160. The number of benzene rings is 2. The van der Waals surface area contributed by atoms with E-state index in [0.717, 1.165) is 19.1 Å². The number of unbranched alkanes of at least 4 members (excludes halogenated alkanes) is 2. The number of hydrogen-bond acceptors (Lipinski definition) is 14. The number of carbonyl (C=O) groups is 3. The number of allylic oxidation sites excluding steroid dienone is 3. The van der Waals surface area contributed by atoms with Gasteiger partial charge in [-0.1, -0.05) is 57.2 Å². The van der Waals surface area contributed by atoms with Crippen molar-refractivity contribution in [2.24, 2.45) is 28.8 Å². The molecule has 1 amide bonds. The third-order valence-electron chi connectivity index (χ3n) is 11.2. The van der Waals surface area contributed by atoms with Crippen molar-refractivity contribution in [3.8, 4) is 23.0 Å². The monoisotopic (exact) mass is 822 g/mol. The van der Waals surface area contributed by atoms with Crippen LogP contribution in [0, 0.1) is 30.6 Å². The number of phenols is 3. The van der Waals surface area contributed by atoms with Gasteiger partial charge in [-0.2, -0.15) is 0 Å². The van der Waals surface area contributed by atoms with Crippen LogP contribution in [0.3, 0.4) is 0 Å². The number of Topliss-reactive ketones (excluding diaryl/α,β-unsaturated/α-hetero) is 1. The van der Waals surface area contributed by atoms with Gasteiger partial charge in [-0.3, -0.25) is 14.4 Å². The highest BCUT2D eigenvalue weighted by Crippen LogP contribution is 2.55. The molecule has 0 aliphatic carbocycles. The number of aliphatic hydroxyl groups is 2. The van der Waals surface area contributed by atoms with Gasteiger partial charge < -0.3 is 54.6 Å². The quantitative estimate of drug-likeness (QED) is 0.0304. The van der Waals surface area contributed by atoms with Crippen molar-refractivity contribution in [1.29, 1.82) is 0 Å². The Bertz CT molecular complexity index is 2040. The summed E-state index contributed by atoms with van der Waals surface area (Å²) in [5, 5.41) is 64.0. The summed E-state index contributed by atoms with van der Waals surface area (Å²) >= 11 is 0. The van der Waals surface area contributed by atoms with E-state index in [4.69, 9.17) is 23.8 Å². The van der Waals surface area contributed by atoms with E-state index in [1.165, 1.54) is 53.2 Å². The third-order valence-corrected chi connectivity index (χ3v) is 11.2. The summed E-state index contributed by atoms with van der Waals surface area (Å²) in [5.74, 6) is -8.64. The van der Waals surface area contributed by atoms with Gasteiger partial charge >= 0.3 is 11.8 Å². The third kappa shape index (κ3) is 9.75. The average Bonchev–Trinajstić information content (AvgIpc) is 3.46. The molecule has 6 N–H and O–H groups in total. The van der Waals surface area contributed by atoms with E-state index in [2.05, 4.69) is 17.1 Å². The van der Waals surface area contributed by atoms with Crippen LogP contribution in [-0.4, -0.2) is 93.3 Å². The van der Waals surface area contributed by atoms with Gasteiger partial charge in [0.1, 0.15) is 30.0 Å². The molecule has 322 valence electrons. The number of methoxy groups -OCH3 is 1. The number of esters is 1. The molecule has 9 unspecified atom stereocenters. The minimum absolute atomic E-state index is 0.0332. The summed E-state index contributed by atoms with van der Waals surface area (Å²) in [5.41, 5.74) is -0.610. The number of anilines is 1. The van der Waals surface area contributed by atoms with E-state index in [1.807, 2.05) is 0 Å². The summed E-state index contributed by atoms with van der Waals surface area (Å²) in [7, 11) is 1.43. The molecule has 0 saturated heterocycles. The molecule has 9 atom stereocenters. The van der Waals surface area contributed by atoms with Gasteiger partial charge in [0.15, 0.2) is 5.75 Å². The highest BCUT2D eigenvalue weighted by molar-refractivity contribution is 6.23. The smallest absolute Gasteiger partial charge is 0.312 e. The number of rotatable bonds is 9. The molecule has 3 aliphatic heterocycles. The fourth-order valence-corrected chi connectivity index (χ4v) is 7.47. The van der Waals surface area contributed by atoms with E-state index in [9.17, 15) is 39.9 Å². The number of phenolic OH excluding ortho intramolecular Hbond substituents is 3. The van der Waals surface area contributed by atoms with E-state index in [-0.39, 0.29) is 51.1 Å². The number of hydrogen-bond donors (Lipinski definition) is 6.